The highest BCUT2D eigenvalue weighted by atomic mass is 16.5. The zero-order chi connectivity index (χ0) is 19.8. The van der Waals surface area contributed by atoms with Crippen LogP contribution in [0.1, 0.15) is 92.9 Å². The van der Waals surface area contributed by atoms with Gasteiger partial charge in [0.2, 0.25) is 0 Å². The molecule has 27 heavy (non-hydrogen) atoms. The first kappa shape index (κ1) is 20.9. The molecule has 0 aliphatic heterocycles. The van der Waals surface area contributed by atoms with Crippen molar-refractivity contribution in [2.75, 3.05) is 0 Å². The van der Waals surface area contributed by atoms with E-state index in [4.69, 9.17) is 4.74 Å². The third-order valence-electron chi connectivity index (χ3n) is 8.64. The average Bonchev–Trinajstić information content (AvgIpc) is 2.94. The van der Waals surface area contributed by atoms with Crippen LogP contribution >= 0.6 is 0 Å². The van der Waals surface area contributed by atoms with Gasteiger partial charge >= 0.3 is 5.97 Å². The second-order valence-electron chi connectivity index (χ2n) is 10.7. The molecule has 2 nitrogen and oxygen atoms in total. The van der Waals surface area contributed by atoms with Crippen LogP contribution in [0.2, 0.25) is 0 Å². The van der Waals surface area contributed by atoms with Gasteiger partial charge in [0, 0.05) is 12.8 Å². The fraction of sp³-hybridized carbons (Fsp3) is 0.880. The highest BCUT2D eigenvalue weighted by molar-refractivity contribution is 5.67. The third kappa shape index (κ3) is 4.15. The van der Waals surface area contributed by atoms with Gasteiger partial charge in [-0.05, 0) is 79.1 Å². The summed E-state index contributed by atoms with van der Waals surface area (Å²) in [6.07, 6.45) is 13.1. The highest BCUT2D eigenvalue weighted by Crippen LogP contribution is 2.63. The molecular formula is C25H42O2. The van der Waals surface area contributed by atoms with Crippen molar-refractivity contribution < 1.29 is 9.53 Å². The highest BCUT2D eigenvalue weighted by Gasteiger charge is 2.56. The average molecular weight is 375 g/mol. The molecule has 2 heteroatoms. The molecule has 0 bridgehead atoms. The summed E-state index contributed by atoms with van der Waals surface area (Å²) in [5.74, 6) is 6.16. The molecule has 3 rings (SSSR count). The van der Waals surface area contributed by atoms with Crippen molar-refractivity contribution in [3.8, 4) is 0 Å². The van der Waals surface area contributed by atoms with Gasteiger partial charge in [0.05, 0.1) is 0 Å². The molecule has 2 fully saturated rings. The standard InChI is InChI=1S/C25H42O2/c1-16(2)8-7-9-17(3)22-11-12-23-21-10-13-24(27-19(5)26)18(4)20(21)14-15-25(22,23)6/h13,16-18,20-23H,7-12,14-15H2,1-6H3/t17-,18-,20+,21-,22-,23-,25-/m1/s1. The number of carbonyl (C=O) groups is 1. The lowest BCUT2D eigenvalue weighted by molar-refractivity contribution is -0.139. The lowest BCUT2D eigenvalue weighted by Crippen LogP contribution is -2.45. The number of allylic oxidation sites excluding steroid dienone is 2. The van der Waals surface area contributed by atoms with Gasteiger partial charge in [0.25, 0.3) is 0 Å². The van der Waals surface area contributed by atoms with Crippen molar-refractivity contribution >= 4 is 5.97 Å². The van der Waals surface area contributed by atoms with Crippen LogP contribution in [0.25, 0.3) is 0 Å². The molecule has 0 unspecified atom stereocenters. The molecule has 0 aromatic heterocycles. The molecule has 2 saturated carbocycles. The second kappa shape index (κ2) is 8.29. The summed E-state index contributed by atoms with van der Waals surface area (Å²) in [5, 5.41) is 0. The minimum atomic E-state index is -0.164. The maximum Gasteiger partial charge on any atom is 0.307 e. The summed E-state index contributed by atoms with van der Waals surface area (Å²) in [6, 6.07) is 0. The smallest absolute Gasteiger partial charge is 0.307 e. The molecule has 0 radical (unpaired) electrons. The quantitative estimate of drug-likeness (QED) is 0.468. The fourth-order valence-electron chi connectivity index (χ4n) is 7.25. The Kier molecular flexibility index (Phi) is 6.43. The number of ether oxygens (including phenoxy) is 1. The van der Waals surface area contributed by atoms with Crippen molar-refractivity contribution in [1.29, 1.82) is 0 Å². The van der Waals surface area contributed by atoms with Crippen LogP contribution in [0.5, 0.6) is 0 Å². The molecule has 154 valence electrons. The lowest BCUT2D eigenvalue weighted by atomic mass is 9.53. The van der Waals surface area contributed by atoms with Crippen molar-refractivity contribution in [3.63, 3.8) is 0 Å². The fourth-order valence-corrected chi connectivity index (χ4v) is 7.25. The monoisotopic (exact) mass is 374 g/mol. The Balaban J connectivity index is 1.69. The number of fused-ring (bicyclic) bond motifs is 3. The van der Waals surface area contributed by atoms with Gasteiger partial charge in [-0.15, -0.1) is 0 Å². The number of rotatable bonds is 6. The van der Waals surface area contributed by atoms with E-state index in [-0.39, 0.29) is 5.97 Å². The Morgan fingerprint density at radius 2 is 1.93 bits per heavy atom. The minimum absolute atomic E-state index is 0.164. The van der Waals surface area contributed by atoms with Crippen LogP contribution in [-0.2, 0) is 9.53 Å². The van der Waals surface area contributed by atoms with Crippen molar-refractivity contribution in [2.45, 2.75) is 92.9 Å². The van der Waals surface area contributed by atoms with Gasteiger partial charge in [0.15, 0.2) is 0 Å². The molecule has 0 heterocycles. The normalized spacial score (nSPS) is 39.5. The molecule has 0 aromatic rings. The van der Waals surface area contributed by atoms with E-state index in [1.165, 1.54) is 51.9 Å². The Hall–Kier alpha value is -0.790. The number of hydrogen-bond donors (Lipinski definition) is 0. The molecule has 0 amide bonds. The predicted molar refractivity (Wildman–Crippen MR) is 112 cm³/mol. The van der Waals surface area contributed by atoms with Crippen molar-refractivity contribution in [3.05, 3.63) is 11.8 Å². The van der Waals surface area contributed by atoms with Crippen LogP contribution in [0.15, 0.2) is 11.8 Å². The summed E-state index contributed by atoms with van der Waals surface area (Å²) in [5.41, 5.74) is 0.533. The maximum atomic E-state index is 11.4. The van der Waals surface area contributed by atoms with Crippen LogP contribution in [0, 0.1) is 46.8 Å². The molecule has 7 atom stereocenters. The third-order valence-corrected chi connectivity index (χ3v) is 8.64. The predicted octanol–water partition coefficient (Wildman–Crippen LogP) is 6.99. The topological polar surface area (TPSA) is 26.3 Å². The van der Waals surface area contributed by atoms with E-state index in [1.54, 1.807) is 0 Å². The van der Waals surface area contributed by atoms with Gasteiger partial charge in [-0.25, -0.2) is 0 Å². The molecule has 0 saturated heterocycles. The van der Waals surface area contributed by atoms with Crippen LogP contribution in [0.3, 0.4) is 0 Å². The lowest BCUT2D eigenvalue weighted by Gasteiger charge is -2.52. The van der Waals surface area contributed by atoms with E-state index in [2.05, 4.69) is 40.7 Å². The van der Waals surface area contributed by atoms with E-state index >= 15 is 0 Å². The van der Waals surface area contributed by atoms with E-state index in [1.807, 2.05) is 0 Å². The summed E-state index contributed by atoms with van der Waals surface area (Å²) in [7, 11) is 0. The van der Waals surface area contributed by atoms with E-state index in [9.17, 15) is 4.79 Å². The molecule has 0 aromatic carbocycles. The largest absolute Gasteiger partial charge is 0.431 e. The van der Waals surface area contributed by atoms with E-state index in [0.717, 1.165) is 41.8 Å². The first-order chi connectivity index (χ1) is 12.7. The molecular weight excluding hydrogens is 332 g/mol. The van der Waals surface area contributed by atoms with Crippen LogP contribution in [-0.4, -0.2) is 5.97 Å². The maximum absolute atomic E-state index is 11.4. The number of esters is 1. The summed E-state index contributed by atoms with van der Waals surface area (Å²) >= 11 is 0. The summed E-state index contributed by atoms with van der Waals surface area (Å²) in [4.78, 5) is 11.4. The second-order valence-corrected chi connectivity index (χ2v) is 10.7. The molecule has 3 aliphatic rings. The molecule has 0 spiro atoms. The van der Waals surface area contributed by atoms with E-state index < -0.39 is 0 Å². The van der Waals surface area contributed by atoms with Gasteiger partial charge in [0.1, 0.15) is 5.76 Å². The van der Waals surface area contributed by atoms with Gasteiger partial charge < -0.3 is 4.74 Å². The Bertz CT molecular complexity index is 563. The Labute approximate surface area is 167 Å². The molecule has 3 aliphatic carbocycles. The SMILES string of the molecule is CC(=O)OC1=CC[C@@H]2[C@@H](CC[C@@]3(C)[C@@H]2CC[C@@H]3[C@H](C)CCCC(C)C)[C@H]1C. The summed E-state index contributed by atoms with van der Waals surface area (Å²) < 4.78 is 5.53. The minimum Gasteiger partial charge on any atom is -0.431 e. The van der Waals surface area contributed by atoms with Gasteiger partial charge in [-0.2, -0.15) is 0 Å². The zero-order valence-electron chi connectivity index (χ0n) is 18.6. The first-order valence-electron chi connectivity index (χ1n) is 11.6. The zero-order valence-corrected chi connectivity index (χ0v) is 18.6. The first-order valence-corrected chi connectivity index (χ1v) is 11.6. The Morgan fingerprint density at radius 1 is 1.19 bits per heavy atom. The van der Waals surface area contributed by atoms with E-state index in [0.29, 0.717) is 17.3 Å². The number of carbonyl (C=O) groups excluding carboxylic acids is 1. The summed E-state index contributed by atoms with van der Waals surface area (Å²) in [6.45, 7) is 13.7. The van der Waals surface area contributed by atoms with Crippen LogP contribution in [0.4, 0.5) is 0 Å². The van der Waals surface area contributed by atoms with Gasteiger partial charge in [-0.3, -0.25) is 4.79 Å². The van der Waals surface area contributed by atoms with Crippen LogP contribution < -0.4 is 0 Å². The van der Waals surface area contributed by atoms with Gasteiger partial charge in [-0.1, -0.05) is 53.9 Å². The van der Waals surface area contributed by atoms with Crippen molar-refractivity contribution in [2.24, 2.45) is 46.8 Å². The number of hydrogen-bond acceptors (Lipinski definition) is 2. The van der Waals surface area contributed by atoms with Crippen molar-refractivity contribution in [1.82, 2.24) is 0 Å². The Morgan fingerprint density at radius 3 is 2.59 bits per heavy atom. The molecule has 0 N–H and O–H groups in total.